The normalized spacial score (nSPS) is 24.0. The average molecular weight is 279 g/mol. The van der Waals surface area contributed by atoms with Gasteiger partial charge < -0.3 is 10.1 Å². The van der Waals surface area contributed by atoms with Crippen LogP contribution in [0, 0.1) is 6.92 Å². The minimum Gasteiger partial charge on any atom is -0.497 e. The Labute approximate surface area is 126 Å². The van der Waals surface area contributed by atoms with E-state index in [1.807, 2.05) is 0 Å². The number of rotatable bonds is 1. The van der Waals surface area contributed by atoms with Crippen LogP contribution in [0.15, 0.2) is 36.4 Å². The van der Waals surface area contributed by atoms with Crippen molar-refractivity contribution in [2.24, 2.45) is 0 Å². The summed E-state index contributed by atoms with van der Waals surface area (Å²) in [7, 11) is 1.75. The van der Waals surface area contributed by atoms with Crippen molar-refractivity contribution in [3.05, 3.63) is 58.7 Å². The van der Waals surface area contributed by atoms with Crippen molar-refractivity contribution in [3.8, 4) is 5.75 Å². The van der Waals surface area contributed by atoms with Gasteiger partial charge in [-0.3, -0.25) is 0 Å². The van der Waals surface area contributed by atoms with Crippen molar-refractivity contribution in [2.75, 3.05) is 12.4 Å². The summed E-state index contributed by atoms with van der Waals surface area (Å²) >= 11 is 0. The summed E-state index contributed by atoms with van der Waals surface area (Å²) in [6, 6.07) is 13.6. The summed E-state index contributed by atoms with van der Waals surface area (Å²) in [5.74, 6) is 1.43. The molecule has 21 heavy (non-hydrogen) atoms. The van der Waals surface area contributed by atoms with Crippen LogP contribution in [0.4, 0.5) is 5.69 Å². The predicted octanol–water partition coefficient (Wildman–Crippen LogP) is 4.55. The van der Waals surface area contributed by atoms with Gasteiger partial charge in [0.25, 0.3) is 0 Å². The summed E-state index contributed by atoms with van der Waals surface area (Å²) in [5, 5.41) is 3.77. The Kier molecular flexibility index (Phi) is 2.45. The first kappa shape index (κ1) is 12.8. The van der Waals surface area contributed by atoms with E-state index in [0.29, 0.717) is 12.0 Å². The molecule has 2 nitrogen and oxygen atoms in total. The number of anilines is 1. The maximum atomic E-state index is 5.49. The number of fused-ring (bicyclic) bond motifs is 5. The molecule has 108 valence electrons. The van der Waals surface area contributed by atoms with Crippen LogP contribution in [-0.2, 0) is 5.41 Å². The zero-order valence-electron chi connectivity index (χ0n) is 13.0. The molecule has 1 aliphatic heterocycles. The van der Waals surface area contributed by atoms with Crippen LogP contribution >= 0.6 is 0 Å². The highest BCUT2D eigenvalue weighted by atomic mass is 16.5. The first-order valence-corrected chi connectivity index (χ1v) is 7.58. The lowest BCUT2D eigenvalue weighted by atomic mass is 9.75. The Morgan fingerprint density at radius 3 is 2.62 bits per heavy atom. The van der Waals surface area contributed by atoms with Gasteiger partial charge in [-0.2, -0.15) is 0 Å². The van der Waals surface area contributed by atoms with Crippen molar-refractivity contribution in [1.29, 1.82) is 0 Å². The summed E-state index contributed by atoms with van der Waals surface area (Å²) < 4.78 is 5.49. The molecule has 0 fully saturated rings. The van der Waals surface area contributed by atoms with Crippen LogP contribution in [0.2, 0.25) is 0 Å². The Bertz CT molecular complexity index is 732. The Morgan fingerprint density at radius 1 is 1.10 bits per heavy atom. The molecule has 1 heterocycles. The highest BCUT2D eigenvalue weighted by molar-refractivity contribution is 5.71. The summed E-state index contributed by atoms with van der Waals surface area (Å²) in [4.78, 5) is 0. The zero-order valence-corrected chi connectivity index (χ0v) is 13.0. The third-order valence-corrected chi connectivity index (χ3v) is 5.31. The minimum absolute atomic E-state index is 0.137. The fraction of sp³-hybridized carbons (Fsp3) is 0.368. The topological polar surface area (TPSA) is 21.3 Å². The summed E-state index contributed by atoms with van der Waals surface area (Å²) in [6.45, 7) is 6.89. The molecular weight excluding hydrogens is 258 g/mol. The van der Waals surface area contributed by atoms with Crippen LogP contribution in [0.5, 0.6) is 5.75 Å². The number of aryl methyl sites for hydroxylation is 1. The van der Waals surface area contributed by atoms with Crippen LogP contribution in [0.3, 0.4) is 0 Å². The lowest BCUT2D eigenvalue weighted by Gasteiger charge is -2.28. The summed E-state index contributed by atoms with van der Waals surface area (Å²) in [5.41, 5.74) is 7.03. The quantitative estimate of drug-likeness (QED) is 0.827. The van der Waals surface area contributed by atoms with E-state index in [9.17, 15) is 0 Å². The predicted molar refractivity (Wildman–Crippen MR) is 86.3 cm³/mol. The summed E-state index contributed by atoms with van der Waals surface area (Å²) in [6.07, 6.45) is 0. The van der Waals surface area contributed by atoms with Crippen LogP contribution < -0.4 is 10.1 Å². The van der Waals surface area contributed by atoms with E-state index >= 15 is 0 Å². The largest absolute Gasteiger partial charge is 0.497 e. The number of methoxy groups -OCH3 is 1. The van der Waals surface area contributed by atoms with Crippen molar-refractivity contribution >= 4 is 5.69 Å². The second-order valence-electron chi connectivity index (χ2n) is 6.82. The molecule has 1 N–H and O–H groups in total. The number of hydrogen-bond acceptors (Lipinski definition) is 2. The van der Waals surface area contributed by atoms with E-state index in [4.69, 9.17) is 4.74 Å². The maximum Gasteiger partial charge on any atom is 0.119 e. The third-order valence-electron chi connectivity index (χ3n) is 5.31. The number of nitrogens with one attached hydrogen (secondary N) is 1. The number of hydrogen-bond donors (Lipinski definition) is 1. The van der Waals surface area contributed by atoms with E-state index in [2.05, 4.69) is 62.5 Å². The van der Waals surface area contributed by atoms with Crippen molar-refractivity contribution in [3.63, 3.8) is 0 Å². The Balaban J connectivity index is 1.94. The highest BCUT2D eigenvalue weighted by Gasteiger charge is 2.51. The molecule has 1 aliphatic carbocycles. The first-order valence-electron chi connectivity index (χ1n) is 7.58. The van der Waals surface area contributed by atoms with E-state index in [1.54, 1.807) is 7.11 Å². The average Bonchev–Trinajstić information content (AvgIpc) is 2.96. The zero-order chi connectivity index (χ0) is 14.8. The molecule has 0 amide bonds. The van der Waals surface area contributed by atoms with Crippen LogP contribution in [0.1, 0.15) is 48.1 Å². The van der Waals surface area contributed by atoms with Gasteiger partial charge in [0.1, 0.15) is 5.75 Å². The van der Waals surface area contributed by atoms with Gasteiger partial charge in [0.15, 0.2) is 0 Å². The molecule has 0 spiro atoms. The molecule has 2 aromatic rings. The molecule has 2 aliphatic rings. The fourth-order valence-corrected chi connectivity index (χ4v) is 4.34. The monoisotopic (exact) mass is 279 g/mol. The van der Waals surface area contributed by atoms with Crippen LogP contribution in [0.25, 0.3) is 0 Å². The molecule has 0 bridgehead atoms. The van der Waals surface area contributed by atoms with Gasteiger partial charge in [-0.1, -0.05) is 38.1 Å². The molecule has 4 rings (SSSR count). The molecule has 0 saturated carbocycles. The second kappa shape index (κ2) is 4.03. The van der Waals surface area contributed by atoms with Crippen molar-refractivity contribution in [1.82, 2.24) is 0 Å². The van der Waals surface area contributed by atoms with E-state index in [1.165, 1.54) is 27.9 Å². The smallest absolute Gasteiger partial charge is 0.119 e. The van der Waals surface area contributed by atoms with Gasteiger partial charge in [0.2, 0.25) is 0 Å². The van der Waals surface area contributed by atoms with Gasteiger partial charge in [-0.05, 0) is 46.7 Å². The lowest BCUT2D eigenvalue weighted by molar-refractivity contribution is 0.408. The molecule has 2 atom stereocenters. The van der Waals surface area contributed by atoms with Crippen LogP contribution in [-0.4, -0.2) is 7.11 Å². The number of ether oxygens (including phenoxy) is 1. The van der Waals surface area contributed by atoms with Crippen molar-refractivity contribution in [2.45, 2.75) is 38.1 Å². The van der Waals surface area contributed by atoms with E-state index < -0.39 is 0 Å². The Hall–Kier alpha value is -1.96. The van der Waals surface area contributed by atoms with E-state index in [0.717, 1.165) is 5.75 Å². The van der Waals surface area contributed by atoms with Gasteiger partial charge in [0.05, 0.1) is 13.2 Å². The first-order chi connectivity index (χ1) is 10.0. The highest BCUT2D eigenvalue weighted by Crippen LogP contribution is 2.61. The van der Waals surface area contributed by atoms with E-state index in [-0.39, 0.29) is 5.41 Å². The minimum atomic E-state index is 0.137. The van der Waals surface area contributed by atoms with Gasteiger partial charge in [0, 0.05) is 11.6 Å². The molecular formula is C19H21NO. The maximum absolute atomic E-state index is 5.49. The SMILES string of the molecule is COc1cc(C)c2c(c1)[C@@H]1[C@H](N2)c2ccccc2C1(C)C. The molecule has 0 radical (unpaired) electrons. The fourth-order valence-electron chi connectivity index (χ4n) is 4.34. The number of benzene rings is 2. The molecule has 2 heteroatoms. The van der Waals surface area contributed by atoms with Crippen molar-refractivity contribution < 1.29 is 4.74 Å². The van der Waals surface area contributed by atoms with Gasteiger partial charge >= 0.3 is 0 Å². The standard InChI is InChI=1S/C19H21NO/c1-11-9-12(21-4)10-14-16-18(20-17(11)14)13-7-5-6-8-15(13)19(16,2)3/h5-10,16,18,20H,1-4H3/t16-,18-/m1/s1. The van der Waals surface area contributed by atoms with Gasteiger partial charge in [-0.15, -0.1) is 0 Å². The third kappa shape index (κ3) is 1.53. The van der Waals surface area contributed by atoms with Gasteiger partial charge in [-0.25, -0.2) is 0 Å². The molecule has 0 unspecified atom stereocenters. The second-order valence-corrected chi connectivity index (χ2v) is 6.82. The molecule has 0 saturated heterocycles. The Morgan fingerprint density at radius 2 is 1.86 bits per heavy atom. The molecule has 2 aromatic carbocycles. The lowest BCUT2D eigenvalue weighted by Crippen LogP contribution is -2.22. The molecule has 0 aromatic heterocycles.